The average molecular weight is 408 g/mol. The number of rotatable bonds is 5. The number of hydrogen-bond donors (Lipinski definition) is 0. The van der Waals surface area contributed by atoms with E-state index in [1.807, 2.05) is 50.2 Å². The standard InChI is InChI=1S/C22H20N2O4S/c1-14-11-16(3)20(12-15(14)2)29(25,26)13-18-9-10-19(27-18)22-23-21(24-28-22)17-7-5-4-6-8-17/h4-12H,13H2,1-3H3. The molecule has 0 saturated heterocycles. The van der Waals surface area contributed by atoms with E-state index in [0.29, 0.717) is 22.2 Å². The fourth-order valence-electron chi connectivity index (χ4n) is 3.13. The molecule has 0 amide bonds. The third-order valence-electron chi connectivity index (χ3n) is 4.79. The van der Waals surface area contributed by atoms with Crippen LogP contribution in [-0.4, -0.2) is 18.6 Å². The molecular formula is C22H20N2O4S. The van der Waals surface area contributed by atoms with Crippen LogP contribution in [0.2, 0.25) is 0 Å². The number of furan rings is 1. The van der Waals surface area contributed by atoms with Crippen LogP contribution in [0.1, 0.15) is 22.5 Å². The van der Waals surface area contributed by atoms with Crippen molar-refractivity contribution in [2.45, 2.75) is 31.4 Å². The van der Waals surface area contributed by atoms with Crippen molar-refractivity contribution in [1.29, 1.82) is 0 Å². The van der Waals surface area contributed by atoms with Gasteiger partial charge in [-0.2, -0.15) is 4.98 Å². The molecule has 2 heterocycles. The highest BCUT2D eigenvalue weighted by Gasteiger charge is 2.22. The van der Waals surface area contributed by atoms with Gasteiger partial charge in [0, 0.05) is 5.56 Å². The lowest BCUT2D eigenvalue weighted by Gasteiger charge is -2.10. The average Bonchev–Trinajstić information content (AvgIpc) is 3.34. The van der Waals surface area contributed by atoms with E-state index < -0.39 is 9.84 Å². The predicted molar refractivity (Wildman–Crippen MR) is 109 cm³/mol. The molecule has 0 radical (unpaired) electrons. The molecule has 0 atom stereocenters. The smallest absolute Gasteiger partial charge is 0.293 e. The maximum absolute atomic E-state index is 12.9. The lowest BCUT2D eigenvalue weighted by molar-refractivity contribution is 0.413. The van der Waals surface area contributed by atoms with Crippen LogP contribution >= 0.6 is 0 Å². The summed E-state index contributed by atoms with van der Waals surface area (Å²) in [6.07, 6.45) is 0. The third-order valence-corrected chi connectivity index (χ3v) is 6.56. The van der Waals surface area contributed by atoms with Gasteiger partial charge in [0.1, 0.15) is 11.5 Å². The quantitative estimate of drug-likeness (QED) is 0.467. The molecule has 4 aromatic rings. The highest BCUT2D eigenvalue weighted by Crippen LogP contribution is 2.27. The molecular weight excluding hydrogens is 388 g/mol. The molecule has 2 aromatic carbocycles. The van der Waals surface area contributed by atoms with Crippen LogP contribution in [0.4, 0.5) is 0 Å². The lowest BCUT2D eigenvalue weighted by atomic mass is 10.1. The van der Waals surface area contributed by atoms with Gasteiger partial charge in [-0.1, -0.05) is 41.6 Å². The van der Waals surface area contributed by atoms with Crippen molar-refractivity contribution in [2.75, 3.05) is 0 Å². The molecule has 29 heavy (non-hydrogen) atoms. The Hall–Kier alpha value is -3.19. The van der Waals surface area contributed by atoms with Gasteiger partial charge in [0.2, 0.25) is 5.82 Å². The number of sulfone groups is 1. The van der Waals surface area contributed by atoms with Crippen LogP contribution in [0.15, 0.2) is 68.4 Å². The zero-order valence-electron chi connectivity index (χ0n) is 16.3. The first-order valence-corrected chi connectivity index (χ1v) is 10.8. The van der Waals surface area contributed by atoms with Gasteiger partial charge in [-0.3, -0.25) is 0 Å². The zero-order chi connectivity index (χ0) is 20.6. The first-order valence-electron chi connectivity index (χ1n) is 9.12. The number of aromatic nitrogens is 2. The first kappa shape index (κ1) is 19.1. The second-order valence-corrected chi connectivity index (χ2v) is 8.97. The summed E-state index contributed by atoms with van der Waals surface area (Å²) < 4.78 is 36.8. The minimum atomic E-state index is -3.55. The maximum Gasteiger partial charge on any atom is 0.293 e. The highest BCUT2D eigenvalue weighted by molar-refractivity contribution is 7.90. The Morgan fingerprint density at radius 3 is 2.38 bits per heavy atom. The monoisotopic (exact) mass is 408 g/mol. The van der Waals surface area contributed by atoms with E-state index in [2.05, 4.69) is 10.1 Å². The summed E-state index contributed by atoms with van der Waals surface area (Å²) in [6, 6.07) is 16.3. The van der Waals surface area contributed by atoms with E-state index in [1.165, 1.54) is 0 Å². The summed E-state index contributed by atoms with van der Waals surface area (Å²) >= 11 is 0. The van der Waals surface area contributed by atoms with Gasteiger partial charge in [0.15, 0.2) is 15.6 Å². The van der Waals surface area contributed by atoms with Crippen LogP contribution in [0, 0.1) is 20.8 Å². The van der Waals surface area contributed by atoms with Crippen LogP contribution in [0.3, 0.4) is 0 Å². The maximum atomic E-state index is 12.9. The molecule has 6 nitrogen and oxygen atoms in total. The second kappa shape index (κ2) is 7.33. The van der Waals surface area contributed by atoms with Crippen LogP contribution in [-0.2, 0) is 15.6 Å². The van der Waals surface area contributed by atoms with Gasteiger partial charge in [0.05, 0.1) is 4.90 Å². The van der Waals surface area contributed by atoms with E-state index in [1.54, 1.807) is 25.1 Å². The molecule has 0 aliphatic rings. The van der Waals surface area contributed by atoms with Crippen molar-refractivity contribution >= 4 is 9.84 Å². The van der Waals surface area contributed by atoms with Gasteiger partial charge < -0.3 is 8.94 Å². The van der Waals surface area contributed by atoms with Gasteiger partial charge in [-0.15, -0.1) is 0 Å². The molecule has 4 rings (SSSR count). The molecule has 0 aliphatic heterocycles. The van der Waals surface area contributed by atoms with Gasteiger partial charge >= 0.3 is 0 Å². The van der Waals surface area contributed by atoms with E-state index >= 15 is 0 Å². The molecule has 0 spiro atoms. The summed E-state index contributed by atoms with van der Waals surface area (Å²) in [5.74, 6) is 1.06. The zero-order valence-corrected chi connectivity index (χ0v) is 17.2. The van der Waals surface area contributed by atoms with Crippen molar-refractivity contribution in [3.63, 3.8) is 0 Å². The fourth-order valence-corrected chi connectivity index (χ4v) is 4.72. The molecule has 0 aliphatic carbocycles. The van der Waals surface area contributed by atoms with Crippen LogP contribution in [0.5, 0.6) is 0 Å². The molecule has 2 aromatic heterocycles. The Balaban J connectivity index is 1.59. The number of aryl methyl sites for hydroxylation is 3. The van der Waals surface area contributed by atoms with Crippen LogP contribution in [0.25, 0.3) is 23.0 Å². The summed E-state index contributed by atoms with van der Waals surface area (Å²) in [5.41, 5.74) is 3.55. The summed E-state index contributed by atoms with van der Waals surface area (Å²) in [4.78, 5) is 4.66. The molecule has 148 valence electrons. The Bertz CT molecular complexity index is 1270. The Morgan fingerprint density at radius 1 is 0.897 bits per heavy atom. The van der Waals surface area contributed by atoms with Crippen molar-refractivity contribution < 1.29 is 17.4 Å². The van der Waals surface area contributed by atoms with Crippen molar-refractivity contribution in [3.05, 3.63) is 77.0 Å². The summed E-state index contributed by atoms with van der Waals surface area (Å²) in [7, 11) is -3.55. The molecule has 0 N–H and O–H groups in total. The molecule has 0 saturated carbocycles. The summed E-state index contributed by atoms with van der Waals surface area (Å²) in [5, 5.41) is 3.96. The predicted octanol–water partition coefficient (Wildman–Crippen LogP) is 4.90. The lowest BCUT2D eigenvalue weighted by Crippen LogP contribution is -2.07. The van der Waals surface area contributed by atoms with Crippen molar-refractivity contribution in [3.8, 4) is 23.0 Å². The van der Waals surface area contributed by atoms with E-state index in [-0.39, 0.29) is 11.6 Å². The topological polar surface area (TPSA) is 86.2 Å². The molecule has 0 unspecified atom stereocenters. The first-order chi connectivity index (χ1) is 13.8. The molecule has 7 heteroatoms. The summed E-state index contributed by atoms with van der Waals surface area (Å²) in [6.45, 7) is 5.67. The fraction of sp³-hybridized carbons (Fsp3) is 0.182. The third kappa shape index (κ3) is 3.86. The molecule has 0 bridgehead atoms. The van der Waals surface area contributed by atoms with Crippen molar-refractivity contribution in [2.24, 2.45) is 0 Å². The van der Waals surface area contributed by atoms with Gasteiger partial charge in [-0.05, 0) is 55.7 Å². The Morgan fingerprint density at radius 2 is 1.62 bits per heavy atom. The van der Waals surface area contributed by atoms with E-state index in [4.69, 9.17) is 8.94 Å². The number of benzene rings is 2. The van der Waals surface area contributed by atoms with Gasteiger partial charge in [-0.25, -0.2) is 8.42 Å². The minimum Gasteiger partial charge on any atom is -0.455 e. The highest BCUT2D eigenvalue weighted by atomic mass is 32.2. The SMILES string of the molecule is Cc1cc(C)c(S(=O)(=O)Cc2ccc(-c3nc(-c4ccccc4)no3)o2)cc1C. The normalized spacial score (nSPS) is 11.7. The van der Waals surface area contributed by atoms with E-state index in [0.717, 1.165) is 22.3 Å². The Labute approximate surface area is 169 Å². The largest absolute Gasteiger partial charge is 0.455 e. The number of nitrogens with zero attached hydrogens (tertiary/aromatic N) is 2. The van der Waals surface area contributed by atoms with Gasteiger partial charge in [0.25, 0.3) is 5.89 Å². The molecule has 0 fully saturated rings. The minimum absolute atomic E-state index is 0.204. The Kier molecular flexibility index (Phi) is 4.84. The second-order valence-electron chi connectivity index (χ2n) is 7.02. The van der Waals surface area contributed by atoms with Crippen LogP contribution < -0.4 is 0 Å². The number of hydrogen-bond acceptors (Lipinski definition) is 6. The van der Waals surface area contributed by atoms with E-state index in [9.17, 15) is 8.42 Å². The van der Waals surface area contributed by atoms with Crippen molar-refractivity contribution in [1.82, 2.24) is 10.1 Å².